The van der Waals surface area contributed by atoms with Gasteiger partial charge in [0.1, 0.15) is 6.04 Å². The van der Waals surface area contributed by atoms with Gasteiger partial charge in [0.2, 0.25) is 11.8 Å². The molecule has 0 heterocycles. The summed E-state index contributed by atoms with van der Waals surface area (Å²) < 4.78 is 0. The van der Waals surface area contributed by atoms with Gasteiger partial charge < -0.3 is 20.6 Å². The topological polar surface area (TPSA) is 98.7 Å². The summed E-state index contributed by atoms with van der Waals surface area (Å²) in [7, 11) is 1.67. The van der Waals surface area contributed by atoms with E-state index in [-0.39, 0.29) is 29.3 Å². The van der Waals surface area contributed by atoms with Crippen molar-refractivity contribution < 1.29 is 19.5 Å². The second-order valence-electron chi connectivity index (χ2n) is 10.2. The number of hydrogen-bond donors (Lipinski definition) is 3. The first kappa shape index (κ1) is 29.1. The van der Waals surface area contributed by atoms with Gasteiger partial charge in [0.15, 0.2) is 0 Å². The van der Waals surface area contributed by atoms with Crippen molar-refractivity contribution in [3.8, 4) is 0 Å². The number of hydrogen-bond acceptors (Lipinski definition) is 4. The number of nitrogens with one attached hydrogen (secondary N) is 2. The van der Waals surface area contributed by atoms with E-state index in [1.807, 2.05) is 62.3 Å². The van der Waals surface area contributed by atoms with Crippen molar-refractivity contribution in [3.63, 3.8) is 0 Å². The van der Waals surface area contributed by atoms with E-state index < -0.39 is 29.0 Å². The van der Waals surface area contributed by atoms with E-state index in [1.54, 1.807) is 18.0 Å². The zero-order chi connectivity index (χ0) is 24.7. The van der Waals surface area contributed by atoms with Crippen LogP contribution in [0.5, 0.6) is 0 Å². The van der Waals surface area contributed by atoms with Crippen molar-refractivity contribution in [1.29, 1.82) is 0 Å². The van der Waals surface area contributed by atoms with Gasteiger partial charge in [-0.15, -0.1) is 0 Å². The molecule has 2 amide bonds. The minimum Gasteiger partial charge on any atom is -0.478 e. The third kappa shape index (κ3) is 7.95. The number of carboxylic acids is 1. The summed E-state index contributed by atoms with van der Waals surface area (Å²) >= 11 is 0. The first-order chi connectivity index (χ1) is 14.0. The fourth-order valence-electron chi connectivity index (χ4n) is 3.74. The largest absolute Gasteiger partial charge is 0.478 e. The van der Waals surface area contributed by atoms with E-state index in [9.17, 15) is 19.5 Å². The number of likely N-dealkylation sites (N-methyl/N-ethyl adjacent to an activating group) is 1. The smallest absolute Gasteiger partial charge is 0.331 e. The normalized spacial score (nSPS) is 15.1. The zero-order valence-electron chi connectivity index (χ0n) is 21.4. The predicted octanol–water partition coefficient (Wildman–Crippen LogP) is 3.59. The van der Waals surface area contributed by atoms with Gasteiger partial charge in [0.05, 0.1) is 11.6 Å². The lowest BCUT2D eigenvalue weighted by Gasteiger charge is -2.40. The molecule has 180 valence electrons. The van der Waals surface area contributed by atoms with Gasteiger partial charge in [-0.25, -0.2) is 4.79 Å². The van der Waals surface area contributed by atoms with Crippen LogP contribution >= 0.6 is 0 Å². The van der Waals surface area contributed by atoms with Gasteiger partial charge in [-0.1, -0.05) is 54.5 Å². The van der Waals surface area contributed by atoms with Crippen LogP contribution in [0.15, 0.2) is 11.6 Å². The SMILES string of the molecule is CCC(CC)(NC(C)C)C(=O)NC(C(=O)N(C)[C@H](/C=C(\C)C(=O)O)C(C)C)C(C)(C)C. The van der Waals surface area contributed by atoms with Crippen molar-refractivity contribution in [1.82, 2.24) is 15.5 Å². The third-order valence-electron chi connectivity index (χ3n) is 5.83. The molecule has 0 aliphatic carbocycles. The number of carbonyl (C=O) groups is 3. The van der Waals surface area contributed by atoms with Crippen LogP contribution in [0.25, 0.3) is 0 Å². The molecule has 1 unspecified atom stereocenters. The lowest BCUT2D eigenvalue weighted by atomic mass is 9.83. The maximum atomic E-state index is 13.6. The highest BCUT2D eigenvalue weighted by molar-refractivity contribution is 5.93. The number of carbonyl (C=O) groups excluding carboxylic acids is 2. The molecule has 0 rings (SSSR count). The molecule has 7 heteroatoms. The highest BCUT2D eigenvalue weighted by Crippen LogP contribution is 2.25. The number of carboxylic acid groups (broad SMARTS) is 1. The molecule has 3 N–H and O–H groups in total. The van der Waals surface area contributed by atoms with E-state index in [4.69, 9.17) is 0 Å². The quantitative estimate of drug-likeness (QED) is 0.427. The van der Waals surface area contributed by atoms with E-state index >= 15 is 0 Å². The lowest BCUT2D eigenvalue weighted by Crippen LogP contribution is -2.64. The van der Waals surface area contributed by atoms with Crippen LogP contribution in [0.2, 0.25) is 0 Å². The average Bonchev–Trinajstić information content (AvgIpc) is 2.65. The highest BCUT2D eigenvalue weighted by atomic mass is 16.4. The number of nitrogens with zero attached hydrogens (tertiary/aromatic N) is 1. The Morgan fingerprint density at radius 1 is 1.03 bits per heavy atom. The monoisotopic (exact) mass is 439 g/mol. The molecule has 0 spiro atoms. The summed E-state index contributed by atoms with van der Waals surface area (Å²) in [6, 6.07) is -1.04. The second kappa shape index (κ2) is 11.7. The van der Waals surface area contributed by atoms with Crippen LogP contribution in [-0.4, -0.2) is 58.5 Å². The summed E-state index contributed by atoms with van der Waals surface area (Å²) in [6.07, 6.45) is 2.81. The van der Waals surface area contributed by atoms with Gasteiger partial charge in [0, 0.05) is 18.7 Å². The maximum Gasteiger partial charge on any atom is 0.331 e. The molecule has 0 aliphatic heterocycles. The minimum atomic E-state index is -1.01. The van der Waals surface area contributed by atoms with Crippen molar-refractivity contribution in [2.45, 2.75) is 106 Å². The number of aliphatic carboxylic acids is 1. The predicted molar refractivity (Wildman–Crippen MR) is 126 cm³/mol. The molecule has 0 saturated heterocycles. The maximum absolute atomic E-state index is 13.6. The second-order valence-corrected chi connectivity index (χ2v) is 10.2. The molecule has 0 aromatic carbocycles. The summed E-state index contributed by atoms with van der Waals surface area (Å²) in [5.41, 5.74) is -1.10. The van der Waals surface area contributed by atoms with E-state index in [0.29, 0.717) is 12.8 Å². The van der Waals surface area contributed by atoms with Gasteiger partial charge in [-0.3, -0.25) is 9.59 Å². The standard InChI is InChI=1S/C24H45N3O4/c1-12-24(13-2,26-16(5)6)22(31)25-19(23(8,9)10)20(28)27(11)18(15(3)4)14-17(7)21(29)30/h14-16,18-19,26H,12-13H2,1-11H3,(H,25,31)(H,29,30)/b17-14+/t18-,19?/m1/s1. The van der Waals surface area contributed by atoms with Crippen LogP contribution in [0.4, 0.5) is 0 Å². The summed E-state index contributed by atoms with van der Waals surface area (Å²) in [6.45, 7) is 19.1. The molecule has 0 saturated carbocycles. The van der Waals surface area contributed by atoms with Gasteiger partial charge in [-0.05, 0) is 44.9 Å². The molecular formula is C24H45N3O4. The van der Waals surface area contributed by atoms with E-state index in [1.165, 1.54) is 6.92 Å². The van der Waals surface area contributed by atoms with Crippen LogP contribution in [0, 0.1) is 11.3 Å². The molecule has 0 aliphatic rings. The molecule has 0 bridgehead atoms. The molecule has 31 heavy (non-hydrogen) atoms. The lowest BCUT2D eigenvalue weighted by molar-refractivity contribution is -0.142. The Morgan fingerprint density at radius 2 is 1.52 bits per heavy atom. The van der Waals surface area contributed by atoms with Crippen LogP contribution in [0.1, 0.15) is 82.1 Å². The number of amides is 2. The molecule has 7 nitrogen and oxygen atoms in total. The van der Waals surface area contributed by atoms with Gasteiger partial charge >= 0.3 is 5.97 Å². The van der Waals surface area contributed by atoms with Crippen LogP contribution in [-0.2, 0) is 14.4 Å². The first-order valence-corrected chi connectivity index (χ1v) is 11.3. The summed E-state index contributed by atoms with van der Waals surface area (Å²) in [5, 5.41) is 15.7. The fraction of sp³-hybridized carbons (Fsp3) is 0.792. The van der Waals surface area contributed by atoms with E-state index in [2.05, 4.69) is 10.6 Å². The van der Waals surface area contributed by atoms with Crippen molar-refractivity contribution in [3.05, 3.63) is 11.6 Å². The molecule has 0 radical (unpaired) electrons. The van der Waals surface area contributed by atoms with Crippen molar-refractivity contribution >= 4 is 17.8 Å². The Kier molecular flexibility index (Phi) is 10.9. The Balaban J connectivity index is 6.04. The Labute approximate surface area is 189 Å². The molecular weight excluding hydrogens is 394 g/mol. The van der Waals surface area contributed by atoms with Crippen LogP contribution < -0.4 is 10.6 Å². The minimum absolute atomic E-state index is 0.00699. The zero-order valence-corrected chi connectivity index (χ0v) is 21.4. The molecule has 0 aromatic heterocycles. The Hall–Kier alpha value is -1.89. The Bertz CT molecular complexity index is 658. The molecule has 0 aromatic rings. The highest BCUT2D eigenvalue weighted by Gasteiger charge is 2.42. The van der Waals surface area contributed by atoms with E-state index in [0.717, 1.165) is 0 Å². The first-order valence-electron chi connectivity index (χ1n) is 11.3. The van der Waals surface area contributed by atoms with Gasteiger partial charge in [0.25, 0.3) is 0 Å². The average molecular weight is 440 g/mol. The number of rotatable bonds is 11. The summed E-state index contributed by atoms with van der Waals surface area (Å²) in [4.78, 5) is 39.8. The summed E-state index contributed by atoms with van der Waals surface area (Å²) in [5.74, 6) is -1.43. The fourth-order valence-corrected chi connectivity index (χ4v) is 3.74. The van der Waals surface area contributed by atoms with Crippen molar-refractivity contribution in [2.24, 2.45) is 11.3 Å². The Morgan fingerprint density at radius 3 is 1.84 bits per heavy atom. The molecule has 2 atom stereocenters. The molecule has 0 fully saturated rings. The van der Waals surface area contributed by atoms with Crippen LogP contribution in [0.3, 0.4) is 0 Å². The third-order valence-corrected chi connectivity index (χ3v) is 5.83. The van der Waals surface area contributed by atoms with Gasteiger partial charge in [-0.2, -0.15) is 0 Å². The van der Waals surface area contributed by atoms with Crippen molar-refractivity contribution in [2.75, 3.05) is 7.05 Å².